The second-order valence-corrected chi connectivity index (χ2v) is 3.49. The summed E-state index contributed by atoms with van der Waals surface area (Å²) in [5.41, 5.74) is 1.87. The van der Waals surface area contributed by atoms with Crippen LogP contribution in [-0.4, -0.2) is 14.5 Å². The highest BCUT2D eigenvalue weighted by Gasteiger charge is 2.07. The summed E-state index contributed by atoms with van der Waals surface area (Å²) in [7, 11) is 0. The van der Waals surface area contributed by atoms with E-state index in [4.69, 9.17) is 0 Å². The summed E-state index contributed by atoms with van der Waals surface area (Å²) in [4.78, 5) is 3.99. The van der Waals surface area contributed by atoms with Crippen molar-refractivity contribution in [2.24, 2.45) is 0 Å². The van der Waals surface area contributed by atoms with Crippen molar-refractivity contribution in [1.82, 2.24) is 9.38 Å². The first-order valence-electron chi connectivity index (χ1n) is 4.33. The molecule has 0 spiro atoms. The molecule has 13 heavy (non-hydrogen) atoms. The van der Waals surface area contributed by atoms with Crippen LogP contribution in [0.4, 0.5) is 0 Å². The van der Waals surface area contributed by atoms with Gasteiger partial charge in [-0.15, -0.1) is 0 Å². The lowest BCUT2D eigenvalue weighted by Gasteiger charge is -2.08. The lowest BCUT2D eigenvalue weighted by Crippen LogP contribution is -1.92. The maximum absolute atomic E-state index is 9.66. The van der Waals surface area contributed by atoms with E-state index < -0.39 is 0 Å². The van der Waals surface area contributed by atoms with Gasteiger partial charge < -0.3 is 9.51 Å². The smallest absolute Gasteiger partial charge is 0.122 e. The topological polar surface area (TPSA) is 37.5 Å². The van der Waals surface area contributed by atoms with Crippen LogP contribution < -0.4 is 0 Å². The van der Waals surface area contributed by atoms with Crippen molar-refractivity contribution in [3.8, 4) is 5.75 Å². The normalized spacial score (nSPS) is 11.3. The number of aromatic hydroxyl groups is 1. The minimum absolute atomic E-state index is 0.326. The molecule has 0 saturated heterocycles. The predicted molar refractivity (Wildman–Crippen MR) is 50.9 cm³/mol. The van der Waals surface area contributed by atoms with E-state index in [9.17, 15) is 5.11 Å². The van der Waals surface area contributed by atoms with Crippen LogP contribution in [0.1, 0.15) is 25.3 Å². The SMILES string of the molecule is CC(C)c1cn2cncc2cc1O. The van der Waals surface area contributed by atoms with Gasteiger partial charge in [0.1, 0.15) is 5.75 Å². The Bertz CT molecular complexity index is 431. The van der Waals surface area contributed by atoms with Gasteiger partial charge in [0, 0.05) is 17.8 Å². The van der Waals surface area contributed by atoms with Crippen molar-refractivity contribution in [3.63, 3.8) is 0 Å². The van der Waals surface area contributed by atoms with Crippen molar-refractivity contribution in [1.29, 1.82) is 0 Å². The molecule has 0 aliphatic heterocycles. The van der Waals surface area contributed by atoms with E-state index in [1.54, 1.807) is 18.6 Å². The fourth-order valence-corrected chi connectivity index (χ4v) is 1.42. The average Bonchev–Trinajstić information content (AvgIpc) is 2.48. The maximum Gasteiger partial charge on any atom is 0.122 e. The molecule has 0 aliphatic rings. The highest BCUT2D eigenvalue weighted by molar-refractivity contribution is 5.52. The number of imidazole rings is 1. The average molecular weight is 176 g/mol. The van der Waals surface area contributed by atoms with Crippen LogP contribution in [0.25, 0.3) is 5.52 Å². The molecule has 0 amide bonds. The molecule has 0 bridgehead atoms. The Morgan fingerprint density at radius 2 is 2.23 bits per heavy atom. The van der Waals surface area contributed by atoms with Crippen LogP contribution in [0.3, 0.4) is 0 Å². The molecule has 2 heterocycles. The Kier molecular flexibility index (Phi) is 1.72. The number of fused-ring (bicyclic) bond motifs is 1. The fourth-order valence-electron chi connectivity index (χ4n) is 1.42. The maximum atomic E-state index is 9.66. The third-order valence-corrected chi connectivity index (χ3v) is 2.18. The Hall–Kier alpha value is -1.51. The van der Waals surface area contributed by atoms with Crippen LogP contribution in [0.15, 0.2) is 24.8 Å². The van der Waals surface area contributed by atoms with E-state index in [1.807, 2.05) is 10.6 Å². The molecule has 0 saturated carbocycles. The highest BCUT2D eigenvalue weighted by Crippen LogP contribution is 2.26. The largest absolute Gasteiger partial charge is 0.508 e. The van der Waals surface area contributed by atoms with Crippen molar-refractivity contribution in [2.75, 3.05) is 0 Å². The summed E-state index contributed by atoms with van der Waals surface area (Å²) in [6.45, 7) is 4.11. The van der Waals surface area contributed by atoms with Gasteiger partial charge in [0.25, 0.3) is 0 Å². The molecular weight excluding hydrogens is 164 g/mol. The van der Waals surface area contributed by atoms with Gasteiger partial charge in [-0.25, -0.2) is 4.98 Å². The zero-order valence-corrected chi connectivity index (χ0v) is 7.73. The number of hydrogen-bond acceptors (Lipinski definition) is 2. The fraction of sp³-hybridized carbons (Fsp3) is 0.300. The molecule has 0 aliphatic carbocycles. The van der Waals surface area contributed by atoms with Gasteiger partial charge in [-0.2, -0.15) is 0 Å². The van der Waals surface area contributed by atoms with E-state index in [-0.39, 0.29) is 0 Å². The first-order valence-corrected chi connectivity index (χ1v) is 4.33. The molecule has 2 aromatic heterocycles. The van der Waals surface area contributed by atoms with E-state index in [1.165, 1.54) is 0 Å². The Morgan fingerprint density at radius 1 is 1.46 bits per heavy atom. The summed E-state index contributed by atoms with van der Waals surface area (Å²) < 4.78 is 1.91. The van der Waals surface area contributed by atoms with Crippen LogP contribution in [0, 0.1) is 0 Å². The molecule has 0 atom stereocenters. The summed E-state index contributed by atoms with van der Waals surface area (Å²) in [6.07, 6.45) is 5.38. The van der Waals surface area contributed by atoms with Gasteiger partial charge in [0.05, 0.1) is 18.0 Å². The quantitative estimate of drug-likeness (QED) is 0.723. The minimum atomic E-state index is 0.326. The monoisotopic (exact) mass is 176 g/mol. The lowest BCUT2D eigenvalue weighted by molar-refractivity contribution is 0.464. The van der Waals surface area contributed by atoms with E-state index in [0.29, 0.717) is 11.7 Å². The van der Waals surface area contributed by atoms with Crippen LogP contribution in [-0.2, 0) is 0 Å². The van der Waals surface area contributed by atoms with Crippen LogP contribution in [0.2, 0.25) is 0 Å². The van der Waals surface area contributed by atoms with Gasteiger partial charge in [-0.1, -0.05) is 13.8 Å². The summed E-state index contributed by atoms with van der Waals surface area (Å²) >= 11 is 0. The first kappa shape index (κ1) is 8.10. The van der Waals surface area contributed by atoms with Gasteiger partial charge in [-0.05, 0) is 5.92 Å². The molecule has 3 heteroatoms. The number of rotatable bonds is 1. The summed E-state index contributed by atoms with van der Waals surface area (Å²) in [5, 5.41) is 9.66. The highest BCUT2D eigenvalue weighted by atomic mass is 16.3. The molecule has 2 aromatic rings. The predicted octanol–water partition coefficient (Wildman–Crippen LogP) is 2.16. The second kappa shape index (κ2) is 2.76. The molecule has 2 rings (SSSR count). The van der Waals surface area contributed by atoms with Gasteiger partial charge in [0.15, 0.2) is 0 Å². The third kappa shape index (κ3) is 1.26. The van der Waals surface area contributed by atoms with Gasteiger partial charge in [-0.3, -0.25) is 0 Å². The van der Waals surface area contributed by atoms with Crippen LogP contribution >= 0.6 is 0 Å². The summed E-state index contributed by atoms with van der Waals surface area (Å²) in [5.74, 6) is 0.676. The Balaban J connectivity index is 2.69. The molecule has 0 fully saturated rings. The molecule has 3 nitrogen and oxygen atoms in total. The number of nitrogens with zero attached hydrogens (tertiary/aromatic N) is 2. The third-order valence-electron chi connectivity index (χ3n) is 2.18. The van der Waals surface area contributed by atoms with Crippen molar-refractivity contribution >= 4 is 5.52 Å². The van der Waals surface area contributed by atoms with E-state index >= 15 is 0 Å². The molecular formula is C10H12N2O. The lowest BCUT2D eigenvalue weighted by atomic mass is 10.0. The molecule has 1 N–H and O–H groups in total. The molecule has 0 unspecified atom stereocenters. The molecule has 0 radical (unpaired) electrons. The standard InChI is InChI=1S/C10H12N2O/c1-7(2)9-5-12-6-11-4-8(12)3-10(9)13/h3-7,13H,1-2H3. The first-order chi connectivity index (χ1) is 6.18. The van der Waals surface area contributed by atoms with Crippen molar-refractivity contribution < 1.29 is 5.11 Å². The zero-order valence-electron chi connectivity index (χ0n) is 7.73. The Labute approximate surface area is 76.7 Å². The van der Waals surface area contributed by atoms with Crippen molar-refractivity contribution in [2.45, 2.75) is 19.8 Å². The van der Waals surface area contributed by atoms with E-state index in [2.05, 4.69) is 18.8 Å². The molecule has 68 valence electrons. The van der Waals surface area contributed by atoms with Gasteiger partial charge >= 0.3 is 0 Å². The Morgan fingerprint density at radius 3 is 2.92 bits per heavy atom. The van der Waals surface area contributed by atoms with Crippen molar-refractivity contribution in [3.05, 3.63) is 30.4 Å². The van der Waals surface area contributed by atoms with Gasteiger partial charge in [0.2, 0.25) is 0 Å². The minimum Gasteiger partial charge on any atom is -0.508 e. The second-order valence-electron chi connectivity index (χ2n) is 3.49. The summed E-state index contributed by atoms with van der Waals surface area (Å²) in [6, 6.07) is 1.74. The number of aromatic nitrogens is 2. The number of pyridine rings is 1. The zero-order chi connectivity index (χ0) is 9.42. The molecule has 0 aromatic carbocycles. The van der Waals surface area contributed by atoms with E-state index in [0.717, 1.165) is 11.1 Å². The van der Waals surface area contributed by atoms with Crippen LogP contribution in [0.5, 0.6) is 5.75 Å². The number of hydrogen-bond donors (Lipinski definition) is 1.